The number of aryl methyl sites for hydroxylation is 2. The summed E-state index contributed by atoms with van der Waals surface area (Å²) in [7, 11) is 0. The van der Waals surface area contributed by atoms with E-state index in [-0.39, 0.29) is 22.5 Å². The monoisotopic (exact) mass is 346 g/mol. The number of carbonyl (C=O) groups excluding carboxylic acids is 1. The first-order chi connectivity index (χ1) is 11.4. The highest BCUT2D eigenvalue weighted by Gasteiger charge is 2.30. The second-order valence-corrected chi connectivity index (χ2v) is 6.23. The van der Waals surface area contributed by atoms with Crippen LogP contribution < -0.4 is 5.32 Å². The molecule has 0 bridgehead atoms. The van der Waals surface area contributed by atoms with Gasteiger partial charge in [0.15, 0.2) is 0 Å². The molecule has 0 radical (unpaired) electrons. The van der Waals surface area contributed by atoms with Gasteiger partial charge in [0.1, 0.15) is 10.8 Å². The number of aromatic nitrogens is 2. The van der Waals surface area contributed by atoms with Gasteiger partial charge in [0, 0.05) is 18.2 Å². The molecule has 2 aromatic rings. The number of halogens is 1. The van der Waals surface area contributed by atoms with Gasteiger partial charge in [-0.05, 0) is 38.3 Å². The van der Waals surface area contributed by atoms with Gasteiger partial charge in [-0.1, -0.05) is 11.6 Å². The number of hydrogen-bond donors (Lipinski definition) is 1. The minimum absolute atomic E-state index is 0.0350. The molecule has 0 atom stereocenters. The zero-order chi connectivity index (χ0) is 17.4. The minimum Gasteiger partial charge on any atom is -0.321 e. The molecule has 7 nitrogen and oxygen atoms in total. The standard InChI is InChI=1S/C16H15ClN4O3/c1-8-5-12(17)14(21(23)24)6-13(8)20-16(22)11-7-18-9(2)19-15(11)10-3-4-10/h5-7,10H,3-4H2,1-2H3,(H,20,22). The van der Waals surface area contributed by atoms with Gasteiger partial charge in [0.2, 0.25) is 0 Å². The molecule has 1 aliphatic carbocycles. The van der Waals surface area contributed by atoms with Crippen LogP contribution in [0.1, 0.15) is 46.2 Å². The molecule has 0 saturated heterocycles. The van der Waals surface area contributed by atoms with E-state index in [1.54, 1.807) is 13.8 Å². The lowest BCUT2D eigenvalue weighted by atomic mass is 10.1. The molecule has 1 N–H and O–H groups in total. The number of hydrogen-bond acceptors (Lipinski definition) is 5. The number of amides is 1. The maximum Gasteiger partial charge on any atom is 0.289 e. The number of nitrogens with one attached hydrogen (secondary N) is 1. The van der Waals surface area contributed by atoms with Crippen molar-refractivity contribution in [2.24, 2.45) is 0 Å². The normalized spacial score (nSPS) is 13.6. The maximum absolute atomic E-state index is 12.6. The average molecular weight is 347 g/mol. The number of nitrogens with zero attached hydrogens (tertiary/aromatic N) is 3. The Labute approximate surface area is 143 Å². The summed E-state index contributed by atoms with van der Waals surface area (Å²) in [5.74, 6) is 0.525. The van der Waals surface area contributed by atoms with Crippen LogP contribution >= 0.6 is 11.6 Å². The van der Waals surface area contributed by atoms with E-state index in [4.69, 9.17) is 11.6 Å². The molecular weight excluding hydrogens is 332 g/mol. The fourth-order valence-corrected chi connectivity index (χ4v) is 2.74. The lowest BCUT2D eigenvalue weighted by Crippen LogP contribution is -2.17. The van der Waals surface area contributed by atoms with E-state index < -0.39 is 4.92 Å². The maximum atomic E-state index is 12.6. The summed E-state index contributed by atoms with van der Waals surface area (Å²) in [6, 6.07) is 2.73. The van der Waals surface area contributed by atoms with Crippen molar-refractivity contribution in [2.45, 2.75) is 32.6 Å². The Morgan fingerprint density at radius 3 is 2.71 bits per heavy atom. The van der Waals surface area contributed by atoms with Crippen molar-refractivity contribution in [3.05, 3.63) is 56.1 Å². The Hall–Kier alpha value is -2.54. The highest BCUT2D eigenvalue weighted by Crippen LogP contribution is 2.40. The van der Waals surface area contributed by atoms with Crippen molar-refractivity contribution in [1.29, 1.82) is 0 Å². The van der Waals surface area contributed by atoms with Crippen LogP contribution in [0.25, 0.3) is 0 Å². The third-order valence-corrected chi connectivity index (χ3v) is 4.19. The van der Waals surface area contributed by atoms with Gasteiger partial charge in [0.05, 0.1) is 21.9 Å². The number of carbonyl (C=O) groups is 1. The van der Waals surface area contributed by atoms with Crippen LogP contribution in [0.2, 0.25) is 5.02 Å². The van der Waals surface area contributed by atoms with Gasteiger partial charge in [-0.15, -0.1) is 0 Å². The SMILES string of the molecule is Cc1ncc(C(=O)Nc2cc([N+](=O)[O-])c(Cl)cc2C)c(C2CC2)n1. The van der Waals surface area contributed by atoms with E-state index in [0.717, 1.165) is 18.5 Å². The van der Waals surface area contributed by atoms with Crippen molar-refractivity contribution in [2.75, 3.05) is 5.32 Å². The molecule has 1 aromatic heterocycles. The van der Waals surface area contributed by atoms with Gasteiger partial charge in [-0.25, -0.2) is 9.97 Å². The Balaban J connectivity index is 1.93. The molecule has 1 saturated carbocycles. The van der Waals surface area contributed by atoms with Crippen LogP contribution in [-0.2, 0) is 0 Å². The van der Waals surface area contributed by atoms with E-state index in [9.17, 15) is 14.9 Å². The number of benzene rings is 1. The van der Waals surface area contributed by atoms with Crippen molar-refractivity contribution in [3.63, 3.8) is 0 Å². The summed E-state index contributed by atoms with van der Waals surface area (Å²) >= 11 is 5.87. The van der Waals surface area contributed by atoms with E-state index in [2.05, 4.69) is 15.3 Å². The van der Waals surface area contributed by atoms with Crippen molar-refractivity contribution < 1.29 is 9.72 Å². The molecule has 0 unspecified atom stereocenters. The quantitative estimate of drug-likeness (QED) is 0.671. The number of rotatable bonds is 4. The minimum atomic E-state index is -0.581. The Morgan fingerprint density at radius 2 is 2.08 bits per heavy atom. The summed E-state index contributed by atoms with van der Waals surface area (Å²) in [6.07, 6.45) is 3.51. The van der Waals surface area contributed by atoms with Crippen LogP contribution in [0, 0.1) is 24.0 Å². The molecule has 0 spiro atoms. The Morgan fingerprint density at radius 1 is 1.38 bits per heavy atom. The molecule has 0 aliphatic heterocycles. The number of nitro benzene ring substituents is 1. The molecule has 8 heteroatoms. The smallest absolute Gasteiger partial charge is 0.289 e. The van der Waals surface area contributed by atoms with Crippen LogP contribution in [0.3, 0.4) is 0 Å². The third kappa shape index (κ3) is 3.21. The second kappa shape index (κ2) is 6.16. The predicted molar refractivity (Wildman–Crippen MR) is 89.5 cm³/mol. The fraction of sp³-hybridized carbons (Fsp3) is 0.312. The molecule has 1 fully saturated rings. The number of nitro groups is 1. The summed E-state index contributed by atoms with van der Waals surface area (Å²) in [5.41, 5.74) is 1.87. The highest BCUT2D eigenvalue weighted by atomic mass is 35.5. The molecule has 3 rings (SSSR count). The summed E-state index contributed by atoms with van der Waals surface area (Å²) in [5, 5.41) is 13.8. The van der Waals surface area contributed by atoms with Crippen molar-refractivity contribution in [3.8, 4) is 0 Å². The molecule has 24 heavy (non-hydrogen) atoms. The summed E-state index contributed by atoms with van der Waals surface area (Å²) in [4.78, 5) is 31.5. The molecule has 1 amide bonds. The Bertz CT molecular complexity index is 849. The van der Waals surface area contributed by atoms with E-state index in [0.29, 0.717) is 22.6 Å². The zero-order valence-corrected chi connectivity index (χ0v) is 13.9. The van der Waals surface area contributed by atoms with E-state index in [1.165, 1.54) is 18.3 Å². The van der Waals surface area contributed by atoms with Gasteiger partial charge in [-0.2, -0.15) is 0 Å². The zero-order valence-electron chi connectivity index (χ0n) is 13.2. The first kappa shape index (κ1) is 16.3. The van der Waals surface area contributed by atoms with Gasteiger partial charge < -0.3 is 5.32 Å². The Kier molecular flexibility index (Phi) is 4.19. The average Bonchev–Trinajstić information content (AvgIpc) is 3.34. The lowest BCUT2D eigenvalue weighted by Gasteiger charge is -2.11. The first-order valence-corrected chi connectivity index (χ1v) is 7.84. The van der Waals surface area contributed by atoms with Crippen LogP contribution in [0.15, 0.2) is 18.3 Å². The highest BCUT2D eigenvalue weighted by molar-refractivity contribution is 6.32. The third-order valence-electron chi connectivity index (χ3n) is 3.89. The molecule has 1 aromatic carbocycles. The molecule has 1 aliphatic rings. The number of anilines is 1. The van der Waals surface area contributed by atoms with Gasteiger partial charge in [0.25, 0.3) is 11.6 Å². The molecule has 1 heterocycles. The van der Waals surface area contributed by atoms with Crippen molar-refractivity contribution in [1.82, 2.24) is 9.97 Å². The molecular formula is C16H15ClN4O3. The van der Waals surface area contributed by atoms with Gasteiger partial charge >= 0.3 is 0 Å². The van der Waals surface area contributed by atoms with Crippen LogP contribution in [-0.4, -0.2) is 20.8 Å². The largest absolute Gasteiger partial charge is 0.321 e. The van der Waals surface area contributed by atoms with E-state index >= 15 is 0 Å². The van der Waals surface area contributed by atoms with E-state index in [1.807, 2.05) is 0 Å². The summed E-state index contributed by atoms with van der Waals surface area (Å²) in [6.45, 7) is 3.50. The van der Waals surface area contributed by atoms with Crippen LogP contribution in [0.5, 0.6) is 0 Å². The van der Waals surface area contributed by atoms with Crippen molar-refractivity contribution >= 4 is 28.9 Å². The lowest BCUT2D eigenvalue weighted by molar-refractivity contribution is -0.384. The summed E-state index contributed by atoms with van der Waals surface area (Å²) < 4.78 is 0. The topological polar surface area (TPSA) is 98.0 Å². The molecule has 124 valence electrons. The fourth-order valence-electron chi connectivity index (χ4n) is 2.46. The van der Waals surface area contributed by atoms with Gasteiger partial charge in [-0.3, -0.25) is 14.9 Å². The first-order valence-electron chi connectivity index (χ1n) is 7.46. The predicted octanol–water partition coefficient (Wildman–Crippen LogP) is 3.78. The van der Waals surface area contributed by atoms with Crippen LogP contribution in [0.4, 0.5) is 11.4 Å². The second-order valence-electron chi connectivity index (χ2n) is 5.82.